The van der Waals surface area contributed by atoms with Crippen LogP contribution in [0.3, 0.4) is 0 Å². The second-order valence-electron chi connectivity index (χ2n) is 4.33. The van der Waals surface area contributed by atoms with E-state index in [-0.39, 0.29) is 5.60 Å². The van der Waals surface area contributed by atoms with Crippen LogP contribution in [0.4, 0.5) is 0 Å². The SMILES string of the molecule is Oc1cccc2c1CC1(CCOCC1)O2. The third-order valence-electron chi connectivity index (χ3n) is 3.34. The Morgan fingerprint density at radius 1 is 1.20 bits per heavy atom. The van der Waals surface area contributed by atoms with E-state index in [1.54, 1.807) is 6.07 Å². The van der Waals surface area contributed by atoms with Gasteiger partial charge in [0.15, 0.2) is 0 Å². The smallest absolute Gasteiger partial charge is 0.127 e. The van der Waals surface area contributed by atoms with Gasteiger partial charge in [-0.15, -0.1) is 0 Å². The number of phenols is 1. The zero-order valence-electron chi connectivity index (χ0n) is 8.53. The van der Waals surface area contributed by atoms with E-state index >= 15 is 0 Å². The van der Waals surface area contributed by atoms with Crippen molar-refractivity contribution in [3.05, 3.63) is 23.8 Å². The molecule has 2 heterocycles. The molecule has 1 spiro atoms. The minimum absolute atomic E-state index is 0.112. The third-order valence-corrected chi connectivity index (χ3v) is 3.34. The zero-order valence-corrected chi connectivity index (χ0v) is 8.53. The number of fused-ring (bicyclic) bond motifs is 1. The van der Waals surface area contributed by atoms with Crippen LogP contribution in [0.25, 0.3) is 0 Å². The molecule has 0 atom stereocenters. The van der Waals surface area contributed by atoms with E-state index in [2.05, 4.69) is 0 Å². The predicted octanol–water partition coefficient (Wildman–Crippen LogP) is 1.88. The minimum atomic E-state index is -0.112. The van der Waals surface area contributed by atoms with Gasteiger partial charge in [0.05, 0.1) is 13.2 Å². The summed E-state index contributed by atoms with van der Waals surface area (Å²) in [5, 5.41) is 9.73. The summed E-state index contributed by atoms with van der Waals surface area (Å²) in [7, 11) is 0. The summed E-state index contributed by atoms with van der Waals surface area (Å²) < 4.78 is 11.3. The fourth-order valence-corrected chi connectivity index (χ4v) is 2.44. The standard InChI is InChI=1S/C12H14O3/c13-10-2-1-3-11-9(10)8-12(15-11)4-6-14-7-5-12/h1-3,13H,4-8H2. The lowest BCUT2D eigenvalue weighted by Gasteiger charge is -2.32. The molecule has 0 bridgehead atoms. The molecule has 0 saturated carbocycles. The Kier molecular flexibility index (Phi) is 1.89. The molecule has 0 aromatic heterocycles. The van der Waals surface area contributed by atoms with Crippen molar-refractivity contribution in [1.82, 2.24) is 0 Å². The van der Waals surface area contributed by atoms with Crippen molar-refractivity contribution in [2.75, 3.05) is 13.2 Å². The van der Waals surface area contributed by atoms with E-state index in [1.807, 2.05) is 12.1 Å². The molecule has 0 amide bonds. The van der Waals surface area contributed by atoms with Gasteiger partial charge in [-0.3, -0.25) is 0 Å². The molecule has 0 unspecified atom stereocenters. The van der Waals surface area contributed by atoms with Crippen LogP contribution in [-0.4, -0.2) is 23.9 Å². The summed E-state index contributed by atoms with van der Waals surface area (Å²) in [6.07, 6.45) is 2.65. The first kappa shape index (κ1) is 9.04. The second kappa shape index (κ2) is 3.14. The number of hydrogen-bond acceptors (Lipinski definition) is 3. The maximum absolute atomic E-state index is 9.73. The quantitative estimate of drug-likeness (QED) is 0.704. The van der Waals surface area contributed by atoms with Gasteiger partial charge >= 0.3 is 0 Å². The van der Waals surface area contributed by atoms with Crippen molar-refractivity contribution >= 4 is 0 Å². The summed E-state index contributed by atoms with van der Waals surface area (Å²) in [5.74, 6) is 1.20. The van der Waals surface area contributed by atoms with Crippen LogP contribution >= 0.6 is 0 Å². The lowest BCUT2D eigenvalue weighted by atomic mass is 9.89. The van der Waals surface area contributed by atoms with E-state index in [9.17, 15) is 5.11 Å². The molecule has 3 nitrogen and oxygen atoms in total. The van der Waals surface area contributed by atoms with Gasteiger partial charge in [-0.1, -0.05) is 6.07 Å². The lowest BCUT2D eigenvalue weighted by molar-refractivity contribution is -0.0330. The molecule has 15 heavy (non-hydrogen) atoms. The number of phenolic OH excluding ortho intramolecular Hbond substituents is 1. The summed E-state index contributed by atoms with van der Waals surface area (Å²) in [4.78, 5) is 0. The van der Waals surface area contributed by atoms with E-state index in [0.717, 1.165) is 43.8 Å². The number of rotatable bonds is 0. The zero-order chi connectivity index (χ0) is 10.3. The first-order valence-electron chi connectivity index (χ1n) is 5.37. The highest BCUT2D eigenvalue weighted by molar-refractivity contribution is 5.48. The third kappa shape index (κ3) is 1.38. The summed E-state index contributed by atoms with van der Waals surface area (Å²) in [5.41, 5.74) is 0.846. The lowest BCUT2D eigenvalue weighted by Crippen LogP contribution is -2.40. The van der Waals surface area contributed by atoms with Crippen LogP contribution < -0.4 is 4.74 Å². The van der Waals surface area contributed by atoms with Crippen molar-refractivity contribution in [2.45, 2.75) is 24.9 Å². The van der Waals surface area contributed by atoms with Crippen LogP contribution in [0, 0.1) is 0 Å². The summed E-state index contributed by atoms with van der Waals surface area (Å²) in [6.45, 7) is 1.52. The van der Waals surface area contributed by atoms with Gasteiger partial charge in [0.2, 0.25) is 0 Å². The number of aromatic hydroxyl groups is 1. The van der Waals surface area contributed by atoms with Gasteiger partial charge < -0.3 is 14.6 Å². The number of hydrogen-bond donors (Lipinski definition) is 1. The Bertz CT molecular complexity index is 380. The van der Waals surface area contributed by atoms with Gasteiger partial charge in [-0.25, -0.2) is 0 Å². The normalized spacial score (nSPS) is 22.4. The fraction of sp³-hybridized carbons (Fsp3) is 0.500. The van der Waals surface area contributed by atoms with Crippen molar-refractivity contribution in [2.24, 2.45) is 0 Å². The molecule has 1 fully saturated rings. The molecule has 3 rings (SSSR count). The van der Waals surface area contributed by atoms with Crippen LogP contribution in [0.2, 0.25) is 0 Å². The van der Waals surface area contributed by atoms with E-state index in [0.29, 0.717) is 5.75 Å². The molecule has 1 aromatic rings. The van der Waals surface area contributed by atoms with Crippen molar-refractivity contribution in [3.63, 3.8) is 0 Å². The van der Waals surface area contributed by atoms with Gasteiger partial charge in [-0.05, 0) is 12.1 Å². The molecule has 0 radical (unpaired) electrons. The van der Waals surface area contributed by atoms with Crippen LogP contribution in [0.1, 0.15) is 18.4 Å². The van der Waals surface area contributed by atoms with Crippen molar-refractivity contribution in [3.8, 4) is 11.5 Å². The predicted molar refractivity (Wildman–Crippen MR) is 55.2 cm³/mol. The average molecular weight is 206 g/mol. The largest absolute Gasteiger partial charge is 0.508 e. The van der Waals surface area contributed by atoms with E-state index in [1.165, 1.54) is 0 Å². The molecule has 80 valence electrons. The molecule has 2 aliphatic heterocycles. The first-order chi connectivity index (χ1) is 7.29. The van der Waals surface area contributed by atoms with Gasteiger partial charge in [-0.2, -0.15) is 0 Å². The van der Waals surface area contributed by atoms with Crippen LogP contribution in [0.15, 0.2) is 18.2 Å². The highest BCUT2D eigenvalue weighted by atomic mass is 16.5. The molecular weight excluding hydrogens is 192 g/mol. The molecule has 1 N–H and O–H groups in total. The van der Waals surface area contributed by atoms with Crippen LogP contribution in [-0.2, 0) is 11.2 Å². The topological polar surface area (TPSA) is 38.7 Å². The Morgan fingerprint density at radius 3 is 2.73 bits per heavy atom. The van der Waals surface area contributed by atoms with E-state index in [4.69, 9.17) is 9.47 Å². The average Bonchev–Trinajstić information content (AvgIpc) is 2.59. The monoisotopic (exact) mass is 206 g/mol. The van der Waals surface area contributed by atoms with Gasteiger partial charge in [0.25, 0.3) is 0 Å². The Morgan fingerprint density at radius 2 is 2.00 bits per heavy atom. The minimum Gasteiger partial charge on any atom is -0.508 e. The first-order valence-corrected chi connectivity index (χ1v) is 5.37. The Hall–Kier alpha value is -1.22. The maximum Gasteiger partial charge on any atom is 0.127 e. The molecule has 3 heteroatoms. The van der Waals surface area contributed by atoms with Gasteiger partial charge in [0, 0.05) is 24.8 Å². The van der Waals surface area contributed by atoms with Crippen molar-refractivity contribution < 1.29 is 14.6 Å². The fourth-order valence-electron chi connectivity index (χ4n) is 2.44. The Labute approximate surface area is 88.6 Å². The highest BCUT2D eigenvalue weighted by Crippen LogP contribution is 2.43. The van der Waals surface area contributed by atoms with Crippen molar-refractivity contribution in [1.29, 1.82) is 0 Å². The number of benzene rings is 1. The second-order valence-corrected chi connectivity index (χ2v) is 4.33. The highest BCUT2D eigenvalue weighted by Gasteiger charge is 2.41. The molecule has 1 aromatic carbocycles. The summed E-state index contributed by atoms with van der Waals surface area (Å²) in [6, 6.07) is 5.48. The van der Waals surface area contributed by atoms with E-state index < -0.39 is 0 Å². The molecular formula is C12H14O3. The maximum atomic E-state index is 9.73. The van der Waals surface area contributed by atoms with Crippen LogP contribution in [0.5, 0.6) is 11.5 Å². The number of ether oxygens (including phenoxy) is 2. The molecule has 1 saturated heterocycles. The molecule has 0 aliphatic carbocycles. The molecule has 2 aliphatic rings. The Balaban J connectivity index is 1.94. The van der Waals surface area contributed by atoms with Gasteiger partial charge in [0.1, 0.15) is 17.1 Å². The summed E-state index contributed by atoms with van der Waals surface area (Å²) >= 11 is 0.